The van der Waals surface area contributed by atoms with E-state index in [1.165, 1.54) is 7.11 Å². The first kappa shape index (κ1) is 19.2. The lowest BCUT2D eigenvalue weighted by atomic mass is 10.1. The zero-order valence-corrected chi connectivity index (χ0v) is 13.9. The SMILES string of the molecule is COC(=O)/C=C/C(=O)OC[C@H](NC(=O)OC(C)C)c1ccccc1. The molecule has 0 heterocycles. The van der Waals surface area contributed by atoms with Gasteiger partial charge in [-0.15, -0.1) is 0 Å². The van der Waals surface area contributed by atoms with Crippen LogP contribution in [0.2, 0.25) is 0 Å². The van der Waals surface area contributed by atoms with Crippen LogP contribution >= 0.6 is 0 Å². The van der Waals surface area contributed by atoms with Gasteiger partial charge in [0.1, 0.15) is 6.61 Å². The first-order valence-corrected chi connectivity index (χ1v) is 7.37. The van der Waals surface area contributed by atoms with E-state index in [9.17, 15) is 14.4 Å². The maximum absolute atomic E-state index is 11.8. The monoisotopic (exact) mass is 335 g/mol. The molecule has 1 N–H and O–H groups in total. The van der Waals surface area contributed by atoms with Crippen LogP contribution in [-0.2, 0) is 23.8 Å². The van der Waals surface area contributed by atoms with Gasteiger partial charge in [-0.25, -0.2) is 14.4 Å². The molecule has 1 amide bonds. The van der Waals surface area contributed by atoms with Crippen LogP contribution in [0.15, 0.2) is 42.5 Å². The third-order valence-corrected chi connectivity index (χ3v) is 2.79. The number of alkyl carbamates (subject to hydrolysis) is 1. The van der Waals surface area contributed by atoms with Crippen LogP contribution in [0.25, 0.3) is 0 Å². The van der Waals surface area contributed by atoms with E-state index in [1.54, 1.807) is 38.1 Å². The van der Waals surface area contributed by atoms with Gasteiger partial charge >= 0.3 is 18.0 Å². The zero-order valence-electron chi connectivity index (χ0n) is 13.9. The number of nitrogens with one attached hydrogen (secondary N) is 1. The number of esters is 2. The Balaban J connectivity index is 2.69. The number of amides is 1. The lowest BCUT2D eigenvalue weighted by Crippen LogP contribution is -2.33. The van der Waals surface area contributed by atoms with Gasteiger partial charge in [-0.05, 0) is 19.4 Å². The molecule has 0 fully saturated rings. The van der Waals surface area contributed by atoms with Gasteiger partial charge in [0.25, 0.3) is 0 Å². The molecule has 0 aromatic heterocycles. The molecule has 0 aliphatic carbocycles. The van der Waals surface area contributed by atoms with Crippen LogP contribution in [0.5, 0.6) is 0 Å². The van der Waals surface area contributed by atoms with E-state index >= 15 is 0 Å². The first-order valence-electron chi connectivity index (χ1n) is 7.37. The average molecular weight is 335 g/mol. The summed E-state index contributed by atoms with van der Waals surface area (Å²) >= 11 is 0. The lowest BCUT2D eigenvalue weighted by molar-refractivity contribution is -0.140. The highest BCUT2D eigenvalue weighted by Gasteiger charge is 2.17. The van der Waals surface area contributed by atoms with Crippen LogP contribution in [0.4, 0.5) is 4.79 Å². The minimum atomic E-state index is -0.722. The van der Waals surface area contributed by atoms with E-state index in [4.69, 9.17) is 9.47 Å². The van der Waals surface area contributed by atoms with E-state index in [0.717, 1.165) is 17.7 Å². The Morgan fingerprint density at radius 3 is 2.29 bits per heavy atom. The van der Waals surface area contributed by atoms with Crippen molar-refractivity contribution in [2.75, 3.05) is 13.7 Å². The molecule has 0 bridgehead atoms. The van der Waals surface area contributed by atoms with Crippen LogP contribution < -0.4 is 5.32 Å². The Labute approximate surface area is 140 Å². The minimum absolute atomic E-state index is 0.110. The van der Waals surface area contributed by atoms with Gasteiger partial charge in [-0.1, -0.05) is 30.3 Å². The molecular weight excluding hydrogens is 314 g/mol. The molecule has 1 rings (SSSR count). The Bertz CT molecular complexity index is 582. The molecule has 130 valence electrons. The summed E-state index contributed by atoms with van der Waals surface area (Å²) in [7, 11) is 1.20. The lowest BCUT2D eigenvalue weighted by Gasteiger charge is -2.19. The zero-order chi connectivity index (χ0) is 17.9. The van der Waals surface area contributed by atoms with Gasteiger partial charge in [0.05, 0.1) is 19.3 Å². The Hall–Kier alpha value is -2.83. The molecule has 0 saturated heterocycles. The van der Waals surface area contributed by atoms with Gasteiger partial charge in [0, 0.05) is 12.2 Å². The standard InChI is InChI=1S/C17H21NO6/c1-12(2)24-17(21)18-14(13-7-5-4-6-8-13)11-23-16(20)10-9-15(19)22-3/h4-10,12,14H,11H2,1-3H3,(H,18,21)/b10-9+/t14-/m0/s1. The van der Waals surface area contributed by atoms with E-state index in [0.29, 0.717) is 0 Å². The first-order chi connectivity index (χ1) is 11.4. The number of ether oxygens (including phenoxy) is 3. The van der Waals surface area contributed by atoms with Gasteiger partial charge in [-0.3, -0.25) is 0 Å². The molecule has 0 radical (unpaired) electrons. The van der Waals surface area contributed by atoms with Crippen LogP contribution in [0.3, 0.4) is 0 Å². The van der Waals surface area contributed by atoms with E-state index in [2.05, 4.69) is 10.1 Å². The molecule has 0 spiro atoms. The average Bonchev–Trinajstić information content (AvgIpc) is 2.56. The summed E-state index contributed by atoms with van der Waals surface area (Å²) in [4.78, 5) is 34.3. The number of benzene rings is 1. The molecule has 24 heavy (non-hydrogen) atoms. The molecule has 7 nitrogen and oxygen atoms in total. The highest BCUT2D eigenvalue weighted by molar-refractivity contribution is 5.91. The number of hydrogen-bond donors (Lipinski definition) is 1. The molecule has 0 unspecified atom stereocenters. The van der Waals surface area contributed by atoms with Crippen LogP contribution in [0, 0.1) is 0 Å². The van der Waals surface area contributed by atoms with Crippen molar-refractivity contribution in [3.05, 3.63) is 48.0 Å². The largest absolute Gasteiger partial charge is 0.466 e. The van der Waals surface area contributed by atoms with E-state index < -0.39 is 24.1 Å². The van der Waals surface area contributed by atoms with Crippen molar-refractivity contribution >= 4 is 18.0 Å². The van der Waals surface area contributed by atoms with Crippen molar-refractivity contribution in [2.45, 2.75) is 26.0 Å². The summed E-state index contributed by atoms with van der Waals surface area (Å²) in [6.45, 7) is 3.35. The minimum Gasteiger partial charge on any atom is -0.466 e. The summed E-state index contributed by atoms with van der Waals surface area (Å²) in [6.07, 6.45) is 1.03. The number of carbonyl (C=O) groups is 3. The topological polar surface area (TPSA) is 90.9 Å². The Morgan fingerprint density at radius 2 is 1.71 bits per heavy atom. The second-order valence-electron chi connectivity index (χ2n) is 5.05. The molecule has 1 atom stereocenters. The maximum atomic E-state index is 11.8. The molecule has 0 saturated carbocycles. The van der Waals surface area contributed by atoms with Crippen molar-refractivity contribution in [2.24, 2.45) is 0 Å². The number of carbonyl (C=O) groups excluding carboxylic acids is 3. The van der Waals surface area contributed by atoms with Gasteiger partial charge in [-0.2, -0.15) is 0 Å². The van der Waals surface area contributed by atoms with Crippen LogP contribution in [0.1, 0.15) is 25.5 Å². The van der Waals surface area contributed by atoms with Gasteiger partial charge in [0.2, 0.25) is 0 Å². The van der Waals surface area contributed by atoms with Crippen molar-refractivity contribution in [3.8, 4) is 0 Å². The molecule has 1 aromatic carbocycles. The van der Waals surface area contributed by atoms with Gasteiger partial charge < -0.3 is 19.5 Å². The van der Waals surface area contributed by atoms with E-state index in [-0.39, 0.29) is 12.7 Å². The Morgan fingerprint density at radius 1 is 1.08 bits per heavy atom. The smallest absolute Gasteiger partial charge is 0.407 e. The predicted octanol–water partition coefficient (Wildman–Crippen LogP) is 2.13. The van der Waals surface area contributed by atoms with E-state index in [1.807, 2.05) is 6.07 Å². The third kappa shape index (κ3) is 7.44. The summed E-state index contributed by atoms with van der Waals surface area (Å²) < 4.78 is 14.5. The fourth-order valence-electron chi connectivity index (χ4n) is 1.71. The molecule has 0 aliphatic heterocycles. The van der Waals surface area contributed by atoms with Crippen molar-refractivity contribution in [1.29, 1.82) is 0 Å². The van der Waals surface area contributed by atoms with Crippen LogP contribution in [-0.4, -0.2) is 37.9 Å². The van der Waals surface area contributed by atoms with Crippen molar-refractivity contribution in [1.82, 2.24) is 5.32 Å². The van der Waals surface area contributed by atoms with Gasteiger partial charge in [0.15, 0.2) is 0 Å². The molecule has 1 aromatic rings. The second kappa shape index (κ2) is 10.0. The quantitative estimate of drug-likeness (QED) is 0.466. The highest BCUT2D eigenvalue weighted by atomic mass is 16.6. The second-order valence-corrected chi connectivity index (χ2v) is 5.05. The third-order valence-electron chi connectivity index (χ3n) is 2.79. The fraction of sp³-hybridized carbons (Fsp3) is 0.353. The predicted molar refractivity (Wildman–Crippen MR) is 86.1 cm³/mol. The summed E-state index contributed by atoms with van der Waals surface area (Å²) in [5, 5.41) is 2.64. The number of hydrogen-bond acceptors (Lipinski definition) is 6. The number of methoxy groups -OCH3 is 1. The molecular formula is C17H21NO6. The summed E-state index contributed by atoms with van der Waals surface area (Å²) in [5.74, 6) is -1.38. The Kier molecular flexibility index (Phi) is 8.04. The normalized spacial score (nSPS) is 11.8. The summed E-state index contributed by atoms with van der Waals surface area (Å²) in [6, 6.07) is 8.44. The fourth-order valence-corrected chi connectivity index (χ4v) is 1.71. The number of rotatable bonds is 7. The highest BCUT2D eigenvalue weighted by Crippen LogP contribution is 2.13. The maximum Gasteiger partial charge on any atom is 0.407 e. The van der Waals surface area contributed by atoms with Crippen molar-refractivity contribution in [3.63, 3.8) is 0 Å². The molecule has 0 aliphatic rings. The summed E-state index contributed by atoms with van der Waals surface area (Å²) in [5.41, 5.74) is 0.753. The van der Waals surface area contributed by atoms with Crippen molar-refractivity contribution < 1.29 is 28.6 Å². The molecule has 7 heteroatoms.